The summed E-state index contributed by atoms with van der Waals surface area (Å²) in [6, 6.07) is 14.0. The first-order valence-corrected chi connectivity index (χ1v) is 6.49. The molecule has 1 amide bonds. The van der Waals surface area contributed by atoms with Gasteiger partial charge in [0, 0.05) is 18.5 Å². The number of carbonyl (C=O) groups excluding carboxylic acids is 1. The van der Waals surface area contributed by atoms with E-state index in [9.17, 15) is 9.18 Å². The lowest BCUT2D eigenvalue weighted by molar-refractivity contribution is -0.127. The third-order valence-corrected chi connectivity index (χ3v) is 3.30. The Morgan fingerprint density at radius 2 is 2.05 bits per heavy atom. The summed E-state index contributed by atoms with van der Waals surface area (Å²) in [5.74, 6) is 0.106. The van der Waals surface area contributed by atoms with Crippen LogP contribution in [-0.2, 0) is 17.8 Å². The Morgan fingerprint density at radius 1 is 1.25 bits per heavy atom. The van der Waals surface area contributed by atoms with Crippen LogP contribution in [0.5, 0.6) is 5.75 Å². The summed E-state index contributed by atoms with van der Waals surface area (Å²) in [4.78, 5) is 12.0. The molecule has 3 nitrogen and oxygen atoms in total. The highest BCUT2D eigenvalue weighted by molar-refractivity contribution is 5.82. The molecule has 2 aromatic carbocycles. The second-order valence-electron chi connectivity index (χ2n) is 4.77. The molecule has 1 N–H and O–H groups in total. The van der Waals surface area contributed by atoms with Crippen LogP contribution in [0, 0.1) is 5.82 Å². The smallest absolute Gasteiger partial charge is 0.261 e. The van der Waals surface area contributed by atoms with E-state index in [1.54, 1.807) is 6.07 Å². The molecular weight excluding hydrogens is 257 g/mol. The Bertz CT molecular complexity index is 628. The summed E-state index contributed by atoms with van der Waals surface area (Å²) in [5, 5.41) is 2.83. The number of carbonyl (C=O) groups is 1. The summed E-state index contributed by atoms with van der Waals surface area (Å²) in [6.07, 6.45) is -0.163. The van der Waals surface area contributed by atoms with Crippen molar-refractivity contribution in [3.8, 4) is 5.75 Å². The molecule has 0 bridgehead atoms. The van der Waals surface area contributed by atoms with Gasteiger partial charge < -0.3 is 10.1 Å². The van der Waals surface area contributed by atoms with Gasteiger partial charge in [-0.2, -0.15) is 0 Å². The van der Waals surface area contributed by atoms with Crippen molar-refractivity contribution in [1.82, 2.24) is 5.32 Å². The summed E-state index contributed by atoms with van der Waals surface area (Å²) in [6.45, 7) is 0.463. The number of hydrogen-bond acceptors (Lipinski definition) is 2. The van der Waals surface area contributed by atoms with Crippen LogP contribution in [0.2, 0.25) is 0 Å². The van der Waals surface area contributed by atoms with E-state index in [-0.39, 0.29) is 11.7 Å². The van der Waals surface area contributed by atoms with Crippen LogP contribution in [0.15, 0.2) is 48.5 Å². The molecule has 1 aliphatic rings. The van der Waals surface area contributed by atoms with Crippen molar-refractivity contribution in [2.75, 3.05) is 0 Å². The third-order valence-electron chi connectivity index (χ3n) is 3.30. The highest BCUT2D eigenvalue weighted by Gasteiger charge is 2.29. The Labute approximate surface area is 116 Å². The van der Waals surface area contributed by atoms with Gasteiger partial charge in [-0.15, -0.1) is 0 Å². The zero-order valence-corrected chi connectivity index (χ0v) is 10.8. The molecule has 1 aliphatic heterocycles. The fourth-order valence-corrected chi connectivity index (χ4v) is 2.26. The van der Waals surface area contributed by atoms with E-state index in [4.69, 9.17) is 4.74 Å². The first-order chi connectivity index (χ1) is 9.72. The fraction of sp³-hybridized carbons (Fsp3) is 0.188. The molecule has 1 unspecified atom stereocenters. The zero-order valence-electron chi connectivity index (χ0n) is 10.8. The predicted octanol–water partition coefficient (Wildman–Crippen LogP) is 2.45. The first-order valence-electron chi connectivity index (χ1n) is 6.49. The SMILES string of the molecule is O=C(NCc1ccccc1)C1Cc2cc(F)ccc2O1. The number of benzene rings is 2. The second-order valence-corrected chi connectivity index (χ2v) is 4.77. The number of amides is 1. The van der Waals surface area contributed by atoms with Crippen molar-refractivity contribution in [2.45, 2.75) is 19.1 Å². The van der Waals surface area contributed by atoms with E-state index in [1.807, 2.05) is 30.3 Å². The van der Waals surface area contributed by atoms with Crippen LogP contribution in [0.25, 0.3) is 0 Å². The van der Waals surface area contributed by atoms with Crippen molar-refractivity contribution in [2.24, 2.45) is 0 Å². The Hall–Kier alpha value is -2.36. The normalized spacial score (nSPS) is 16.4. The van der Waals surface area contributed by atoms with Gasteiger partial charge >= 0.3 is 0 Å². The fourth-order valence-electron chi connectivity index (χ4n) is 2.26. The van der Waals surface area contributed by atoms with Gasteiger partial charge in [0.2, 0.25) is 0 Å². The highest BCUT2D eigenvalue weighted by atomic mass is 19.1. The quantitative estimate of drug-likeness (QED) is 0.931. The molecule has 0 saturated carbocycles. The number of hydrogen-bond donors (Lipinski definition) is 1. The molecule has 102 valence electrons. The number of rotatable bonds is 3. The monoisotopic (exact) mass is 271 g/mol. The molecule has 4 heteroatoms. The first kappa shape index (κ1) is 12.7. The molecule has 1 heterocycles. The van der Waals surface area contributed by atoms with Crippen molar-refractivity contribution in [3.63, 3.8) is 0 Å². The lowest BCUT2D eigenvalue weighted by Gasteiger charge is -2.11. The van der Waals surface area contributed by atoms with E-state index in [0.717, 1.165) is 11.1 Å². The van der Waals surface area contributed by atoms with Crippen molar-refractivity contribution in [1.29, 1.82) is 0 Å². The topological polar surface area (TPSA) is 38.3 Å². The molecule has 0 fully saturated rings. The summed E-state index contributed by atoms with van der Waals surface area (Å²) in [7, 11) is 0. The zero-order chi connectivity index (χ0) is 13.9. The summed E-state index contributed by atoms with van der Waals surface area (Å²) < 4.78 is 18.6. The van der Waals surface area contributed by atoms with Gasteiger partial charge in [-0.3, -0.25) is 4.79 Å². The molecule has 0 radical (unpaired) electrons. The third kappa shape index (κ3) is 2.64. The Morgan fingerprint density at radius 3 is 2.85 bits per heavy atom. The van der Waals surface area contributed by atoms with E-state index < -0.39 is 6.10 Å². The lowest BCUT2D eigenvalue weighted by Crippen LogP contribution is -2.36. The van der Waals surface area contributed by atoms with Gasteiger partial charge in [0.25, 0.3) is 5.91 Å². The number of halogens is 1. The molecule has 0 spiro atoms. The molecule has 2 aromatic rings. The van der Waals surface area contributed by atoms with E-state index >= 15 is 0 Å². The van der Waals surface area contributed by atoms with Gasteiger partial charge in [0.1, 0.15) is 11.6 Å². The highest BCUT2D eigenvalue weighted by Crippen LogP contribution is 2.29. The summed E-state index contributed by atoms with van der Waals surface area (Å²) in [5.41, 5.74) is 1.77. The average molecular weight is 271 g/mol. The number of ether oxygens (including phenoxy) is 1. The van der Waals surface area contributed by atoms with Crippen LogP contribution < -0.4 is 10.1 Å². The minimum atomic E-state index is -0.574. The van der Waals surface area contributed by atoms with Gasteiger partial charge in [-0.05, 0) is 23.8 Å². The van der Waals surface area contributed by atoms with Gasteiger partial charge in [0.15, 0.2) is 6.10 Å². The maximum atomic E-state index is 13.1. The molecule has 1 atom stereocenters. The molecule has 0 aliphatic carbocycles. The van der Waals surface area contributed by atoms with Crippen LogP contribution in [-0.4, -0.2) is 12.0 Å². The molecule has 20 heavy (non-hydrogen) atoms. The Kier molecular flexibility index (Phi) is 3.37. The van der Waals surface area contributed by atoms with Crippen molar-refractivity contribution in [3.05, 3.63) is 65.5 Å². The summed E-state index contributed by atoms with van der Waals surface area (Å²) >= 11 is 0. The van der Waals surface area contributed by atoms with Crippen molar-refractivity contribution < 1.29 is 13.9 Å². The number of fused-ring (bicyclic) bond motifs is 1. The standard InChI is InChI=1S/C16H14FNO2/c17-13-6-7-14-12(8-13)9-15(20-14)16(19)18-10-11-4-2-1-3-5-11/h1-8,15H,9-10H2,(H,18,19). The minimum absolute atomic E-state index is 0.175. The maximum absolute atomic E-state index is 13.1. The van der Waals surface area contributed by atoms with E-state index in [0.29, 0.717) is 18.7 Å². The Balaban J connectivity index is 1.60. The van der Waals surface area contributed by atoms with Gasteiger partial charge in [-0.25, -0.2) is 4.39 Å². The van der Waals surface area contributed by atoms with Crippen LogP contribution in [0.3, 0.4) is 0 Å². The van der Waals surface area contributed by atoms with E-state index in [1.165, 1.54) is 12.1 Å². The molecular formula is C16H14FNO2. The minimum Gasteiger partial charge on any atom is -0.480 e. The van der Waals surface area contributed by atoms with Gasteiger partial charge in [0.05, 0.1) is 0 Å². The molecule has 0 aromatic heterocycles. The maximum Gasteiger partial charge on any atom is 0.261 e. The lowest BCUT2D eigenvalue weighted by atomic mass is 10.1. The van der Waals surface area contributed by atoms with Crippen LogP contribution in [0.1, 0.15) is 11.1 Å². The van der Waals surface area contributed by atoms with Crippen LogP contribution >= 0.6 is 0 Å². The van der Waals surface area contributed by atoms with Gasteiger partial charge in [-0.1, -0.05) is 30.3 Å². The largest absolute Gasteiger partial charge is 0.480 e. The average Bonchev–Trinajstić information content (AvgIpc) is 2.89. The predicted molar refractivity (Wildman–Crippen MR) is 72.8 cm³/mol. The molecule has 0 saturated heterocycles. The van der Waals surface area contributed by atoms with Crippen LogP contribution in [0.4, 0.5) is 4.39 Å². The molecule has 3 rings (SSSR count). The second kappa shape index (κ2) is 5.33. The van der Waals surface area contributed by atoms with Crippen molar-refractivity contribution >= 4 is 5.91 Å². The number of nitrogens with one attached hydrogen (secondary N) is 1. The van der Waals surface area contributed by atoms with E-state index in [2.05, 4.69) is 5.32 Å².